The zero-order valence-corrected chi connectivity index (χ0v) is 16.3. The van der Waals surface area contributed by atoms with Crippen molar-refractivity contribution in [1.29, 1.82) is 0 Å². The summed E-state index contributed by atoms with van der Waals surface area (Å²) in [5.41, 5.74) is 3.12. The van der Waals surface area contributed by atoms with E-state index in [0.29, 0.717) is 11.1 Å². The van der Waals surface area contributed by atoms with Crippen LogP contribution in [0.15, 0.2) is 96.1 Å². The van der Waals surface area contributed by atoms with Gasteiger partial charge in [0.15, 0.2) is 0 Å². The standard InChI is InChI=1S/C25H17FN2O3/c26-22-13-7-6-12-20(22)24(29)28-27-16-21-19-11-5-4-8-17(19)14-15-23(21)31-25(30)18-9-2-1-3-10-18/h1-16H,(H,28,29)/b27-16+. The van der Waals surface area contributed by atoms with Crippen molar-refractivity contribution in [3.8, 4) is 5.75 Å². The Labute approximate surface area is 177 Å². The summed E-state index contributed by atoms with van der Waals surface area (Å²) in [6.07, 6.45) is 1.38. The number of amides is 1. The van der Waals surface area contributed by atoms with E-state index in [1.54, 1.807) is 36.4 Å². The van der Waals surface area contributed by atoms with Crippen LogP contribution in [-0.4, -0.2) is 18.1 Å². The fourth-order valence-electron chi connectivity index (χ4n) is 3.09. The van der Waals surface area contributed by atoms with Crippen molar-refractivity contribution in [3.05, 3.63) is 114 Å². The number of fused-ring (bicyclic) bond motifs is 1. The Balaban J connectivity index is 1.64. The molecule has 6 heteroatoms. The number of esters is 1. The molecule has 152 valence electrons. The molecule has 0 fully saturated rings. The van der Waals surface area contributed by atoms with Gasteiger partial charge in [0, 0.05) is 5.56 Å². The maximum Gasteiger partial charge on any atom is 0.343 e. The van der Waals surface area contributed by atoms with Gasteiger partial charge >= 0.3 is 5.97 Å². The second-order valence-electron chi connectivity index (χ2n) is 6.63. The molecule has 1 amide bonds. The summed E-state index contributed by atoms with van der Waals surface area (Å²) in [7, 11) is 0. The van der Waals surface area contributed by atoms with Gasteiger partial charge in [0.25, 0.3) is 5.91 Å². The fraction of sp³-hybridized carbons (Fsp3) is 0. The second kappa shape index (κ2) is 9.00. The predicted octanol–water partition coefficient (Wildman–Crippen LogP) is 4.96. The van der Waals surface area contributed by atoms with Gasteiger partial charge in [-0.05, 0) is 41.1 Å². The number of nitrogens with one attached hydrogen (secondary N) is 1. The number of hydrogen-bond acceptors (Lipinski definition) is 4. The first kappa shape index (κ1) is 20.0. The number of carbonyl (C=O) groups is 2. The second-order valence-corrected chi connectivity index (χ2v) is 6.63. The lowest BCUT2D eigenvalue weighted by molar-refractivity contribution is 0.0734. The largest absolute Gasteiger partial charge is 0.422 e. The number of ether oxygens (including phenoxy) is 1. The minimum absolute atomic E-state index is 0.117. The highest BCUT2D eigenvalue weighted by Gasteiger charge is 2.14. The molecule has 0 aliphatic carbocycles. The monoisotopic (exact) mass is 412 g/mol. The highest BCUT2D eigenvalue weighted by atomic mass is 19.1. The van der Waals surface area contributed by atoms with Gasteiger partial charge in [0.2, 0.25) is 0 Å². The van der Waals surface area contributed by atoms with E-state index in [0.717, 1.165) is 10.8 Å². The van der Waals surface area contributed by atoms with Gasteiger partial charge in [-0.1, -0.05) is 60.7 Å². The van der Waals surface area contributed by atoms with E-state index in [4.69, 9.17) is 4.74 Å². The number of hydrazone groups is 1. The van der Waals surface area contributed by atoms with Crippen LogP contribution in [0.2, 0.25) is 0 Å². The maximum atomic E-state index is 13.8. The minimum atomic E-state index is -0.683. The van der Waals surface area contributed by atoms with E-state index in [1.165, 1.54) is 24.4 Å². The van der Waals surface area contributed by atoms with Gasteiger partial charge in [-0.3, -0.25) is 4.79 Å². The van der Waals surface area contributed by atoms with Crippen LogP contribution in [0.4, 0.5) is 4.39 Å². The molecule has 0 aliphatic rings. The van der Waals surface area contributed by atoms with Crippen LogP contribution in [0.3, 0.4) is 0 Å². The first-order valence-corrected chi connectivity index (χ1v) is 9.50. The molecular formula is C25H17FN2O3. The van der Waals surface area contributed by atoms with Crippen molar-refractivity contribution in [2.75, 3.05) is 0 Å². The highest BCUT2D eigenvalue weighted by Crippen LogP contribution is 2.27. The molecule has 4 aromatic carbocycles. The van der Waals surface area contributed by atoms with E-state index in [2.05, 4.69) is 10.5 Å². The first-order chi connectivity index (χ1) is 15.1. The molecule has 0 spiro atoms. The minimum Gasteiger partial charge on any atom is -0.422 e. The van der Waals surface area contributed by atoms with Crippen LogP contribution in [0.25, 0.3) is 10.8 Å². The average Bonchev–Trinajstić information content (AvgIpc) is 2.81. The summed E-state index contributed by atoms with van der Waals surface area (Å²) >= 11 is 0. The number of hydrogen-bond donors (Lipinski definition) is 1. The molecule has 0 heterocycles. The molecule has 0 bridgehead atoms. The van der Waals surface area contributed by atoms with Crippen molar-refractivity contribution in [2.45, 2.75) is 0 Å². The van der Waals surface area contributed by atoms with Crippen LogP contribution in [0.5, 0.6) is 5.75 Å². The van der Waals surface area contributed by atoms with Gasteiger partial charge < -0.3 is 4.74 Å². The molecule has 0 unspecified atom stereocenters. The van der Waals surface area contributed by atoms with Crippen molar-refractivity contribution >= 4 is 28.9 Å². The summed E-state index contributed by atoms with van der Waals surface area (Å²) in [5.74, 6) is -1.55. The molecular weight excluding hydrogens is 395 g/mol. The van der Waals surface area contributed by atoms with Gasteiger partial charge in [0.05, 0.1) is 17.3 Å². The zero-order valence-electron chi connectivity index (χ0n) is 16.3. The SMILES string of the molecule is O=C(Oc1ccc2ccccc2c1/C=N/NC(=O)c1ccccc1F)c1ccccc1. The Morgan fingerprint density at radius 2 is 1.55 bits per heavy atom. The van der Waals surface area contributed by atoms with Crippen molar-refractivity contribution in [1.82, 2.24) is 5.43 Å². The average molecular weight is 412 g/mol. The Morgan fingerprint density at radius 3 is 2.35 bits per heavy atom. The zero-order chi connectivity index (χ0) is 21.6. The third-order valence-electron chi connectivity index (χ3n) is 4.62. The van der Waals surface area contributed by atoms with E-state index in [-0.39, 0.29) is 11.3 Å². The van der Waals surface area contributed by atoms with Crippen LogP contribution in [0.1, 0.15) is 26.3 Å². The van der Waals surface area contributed by atoms with E-state index in [9.17, 15) is 14.0 Å². The van der Waals surface area contributed by atoms with E-state index < -0.39 is 17.7 Å². The van der Waals surface area contributed by atoms with E-state index in [1.807, 2.05) is 36.4 Å². The fourth-order valence-corrected chi connectivity index (χ4v) is 3.09. The van der Waals surface area contributed by atoms with Gasteiger partial charge in [-0.15, -0.1) is 0 Å². The number of benzene rings is 4. The molecule has 4 rings (SSSR count). The third-order valence-corrected chi connectivity index (χ3v) is 4.62. The van der Waals surface area contributed by atoms with Crippen LogP contribution < -0.4 is 10.2 Å². The highest BCUT2D eigenvalue weighted by molar-refractivity contribution is 6.04. The topological polar surface area (TPSA) is 67.8 Å². The molecule has 1 N–H and O–H groups in total. The van der Waals surface area contributed by atoms with Crippen molar-refractivity contribution in [2.24, 2.45) is 5.10 Å². The summed E-state index contributed by atoms with van der Waals surface area (Å²) in [6.45, 7) is 0. The third kappa shape index (κ3) is 4.48. The van der Waals surface area contributed by atoms with Crippen LogP contribution in [0, 0.1) is 5.82 Å². The molecule has 0 radical (unpaired) electrons. The van der Waals surface area contributed by atoms with Gasteiger partial charge in [-0.25, -0.2) is 14.6 Å². The molecule has 31 heavy (non-hydrogen) atoms. The van der Waals surface area contributed by atoms with Crippen molar-refractivity contribution < 1.29 is 18.7 Å². The quantitative estimate of drug-likeness (QED) is 0.218. The first-order valence-electron chi connectivity index (χ1n) is 9.50. The van der Waals surface area contributed by atoms with E-state index >= 15 is 0 Å². The van der Waals surface area contributed by atoms with Gasteiger partial charge in [0.1, 0.15) is 11.6 Å². The molecule has 0 atom stereocenters. The lowest BCUT2D eigenvalue weighted by Gasteiger charge is -2.10. The summed E-state index contributed by atoms with van der Waals surface area (Å²) in [6, 6.07) is 25.3. The molecule has 0 saturated heterocycles. The lowest BCUT2D eigenvalue weighted by Crippen LogP contribution is -2.19. The Bertz CT molecular complexity index is 1290. The number of halogens is 1. The molecule has 4 aromatic rings. The normalized spacial score (nSPS) is 10.9. The number of nitrogens with zero attached hydrogens (tertiary/aromatic N) is 1. The molecule has 0 saturated carbocycles. The summed E-state index contributed by atoms with van der Waals surface area (Å²) in [5, 5.41) is 5.66. The summed E-state index contributed by atoms with van der Waals surface area (Å²) < 4.78 is 19.4. The maximum absolute atomic E-state index is 13.8. The Hall–Kier alpha value is -4.32. The van der Waals surface area contributed by atoms with Gasteiger partial charge in [-0.2, -0.15) is 5.10 Å². The lowest BCUT2D eigenvalue weighted by atomic mass is 10.0. The van der Waals surface area contributed by atoms with Crippen LogP contribution >= 0.6 is 0 Å². The van der Waals surface area contributed by atoms with Crippen LogP contribution in [-0.2, 0) is 0 Å². The number of rotatable bonds is 5. The van der Waals surface area contributed by atoms with Crippen molar-refractivity contribution in [3.63, 3.8) is 0 Å². The Kier molecular flexibility index (Phi) is 5.80. The number of carbonyl (C=O) groups excluding carboxylic acids is 2. The molecule has 5 nitrogen and oxygen atoms in total. The molecule has 0 aromatic heterocycles. The smallest absolute Gasteiger partial charge is 0.343 e. The predicted molar refractivity (Wildman–Crippen MR) is 117 cm³/mol. The Morgan fingerprint density at radius 1 is 0.839 bits per heavy atom. The molecule has 0 aliphatic heterocycles. The summed E-state index contributed by atoms with van der Waals surface area (Å²) in [4.78, 5) is 24.7.